The second-order valence-electron chi connectivity index (χ2n) is 10.8. The van der Waals surface area contributed by atoms with Crippen molar-refractivity contribution in [3.63, 3.8) is 0 Å². The Labute approximate surface area is 234 Å². The molecule has 0 aliphatic carbocycles. The fourth-order valence-electron chi connectivity index (χ4n) is 6.27. The lowest BCUT2D eigenvalue weighted by Gasteiger charge is -2.31. The second-order valence-corrected chi connectivity index (χ2v) is 13.2. The topological polar surface area (TPSA) is 76.1 Å². The van der Waals surface area contributed by atoms with Crippen molar-refractivity contribution >= 4 is 32.6 Å². The number of nitrogens with zero attached hydrogens (tertiary/aromatic N) is 1. The quantitative estimate of drug-likeness (QED) is 0.367. The molecule has 0 aromatic heterocycles. The Balaban J connectivity index is 1.33. The molecule has 3 heterocycles. The van der Waals surface area contributed by atoms with Crippen molar-refractivity contribution in [1.29, 1.82) is 0 Å². The molecular weight excluding hydrogens is 534 g/mol. The fraction of sp³-hybridized carbons (Fsp3) is 0.355. The first-order valence-electron chi connectivity index (χ1n) is 13.4. The Bertz CT molecular complexity index is 1550. The Kier molecular flexibility index (Phi) is 6.86. The van der Waals surface area contributed by atoms with Crippen LogP contribution in [-0.2, 0) is 9.84 Å². The molecule has 2 fully saturated rings. The van der Waals surface area contributed by atoms with Crippen molar-refractivity contribution in [1.82, 2.24) is 4.90 Å². The SMILES string of the molecule is CC1=C(c2cccc(S(C)(=O)=O)c2)C(c2ccc(OC[C@@H]3CCC4CCCN43)cc2)Oc2cc(Cl)c(O)cc21. The maximum atomic E-state index is 12.3. The van der Waals surface area contributed by atoms with Gasteiger partial charge in [0.15, 0.2) is 9.84 Å². The first-order valence-corrected chi connectivity index (χ1v) is 15.7. The Morgan fingerprint density at radius 1 is 1.08 bits per heavy atom. The first kappa shape index (κ1) is 26.2. The third kappa shape index (κ3) is 5.04. The third-order valence-corrected chi connectivity index (χ3v) is 9.70. The van der Waals surface area contributed by atoms with Gasteiger partial charge in [-0.2, -0.15) is 0 Å². The van der Waals surface area contributed by atoms with Crippen molar-refractivity contribution in [2.45, 2.75) is 55.7 Å². The van der Waals surface area contributed by atoms with Gasteiger partial charge in [-0.15, -0.1) is 0 Å². The van der Waals surface area contributed by atoms with E-state index in [1.54, 1.807) is 30.3 Å². The Morgan fingerprint density at radius 2 is 1.87 bits per heavy atom. The highest BCUT2D eigenvalue weighted by Crippen LogP contribution is 2.49. The number of fused-ring (bicyclic) bond motifs is 2. The van der Waals surface area contributed by atoms with Gasteiger partial charge in [-0.05, 0) is 86.2 Å². The van der Waals surface area contributed by atoms with Gasteiger partial charge in [0.1, 0.15) is 30.0 Å². The molecule has 204 valence electrons. The van der Waals surface area contributed by atoms with Crippen molar-refractivity contribution in [2.75, 3.05) is 19.4 Å². The summed E-state index contributed by atoms with van der Waals surface area (Å²) < 4.78 is 37.3. The average molecular weight is 566 g/mol. The molecule has 0 saturated carbocycles. The highest BCUT2D eigenvalue weighted by atomic mass is 35.5. The van der Waals surface area contributed by atoms with Crippen molar-refractivity contribution in [3.05, 3.63) is 82.4 Å². The molecule has 39 heavy (non-hydrogen) atoms. The number of allylic oxidation sites excluding steroid dienone is 1. The molecule has 3 aliphatic rings. The standard InChI is InChI=1S/C31H32ClNO5S/c1-19-26-16-28(34)27(32)17-29(26)38-31(30(19)21-5-3-7-25(15-21)39(2,35)36)20-8-12-24(13-9-20)37-18-23-11-10-22-6-4-14-33(22)23/h3,5,7-9,12-13,15-17,22-23,31,34H,4,6,10-11,14,18H2,1-2H3/t22?,23-,31?/m0/s1. The van der Waals surface area contributed by atoms with Gasteiger partial charge in [0.05, 0.1) is 9.92 Å². The van der Waals surface area contributed by atoms with E-state index in [1.807, 2.05) is 37.3 Å². The van der Waals surface area contributed by atoms with Crippen LogP contribution in [0.5, 0.6) is 17.2 Å². The van der Waals surface area contributed by atoms with Gasteiger partial charge in [0.2, 0.25) is 0 Å². The van der Waals surface area contributed by atoms with Crippen LogP contribution in [-0.4, -0.2) is 49.9 Å². The summed E-state index contributed by atoms with van der Waals surface area (Å²) in [5, 5.41) is 10.5. The van der Waals surface area contributed by atoms with E-state index in [-0.39, 0.29) is 15.7 Å². The molecule has 2 unspecified atom stereocenters. The zero-order chi connectivity index (χ0) is 27.3. The van der Waals surface area contributed by atoms with Crippen molar-refractivity contribution in [3.8, 4) is 17.2 Å². The van der Waals surface area contributed by atoms with Gasteiger partial charge in [-0.3, -0.25) is 4.90 Å². The molecule has 3 aromatic carbocycles. The molecular formula is C31H32ClNO5S. The molecule has 8 heteroatoms. The number of hydrogen-bond donors (Lipinski definition) is 1. The maximum absolute atomic E-state index is 12.3. The van der Waals surface area contributed by atoms with E-state index in [1.165, 1.54) is 38.5 Å². The van der Waals surface area contributed by atoms with Gasteiger partial charge in [0.25, 0.3) is 0 Å². The summed E-state index contributed by atoms with van der Waals surface area (Å²) in [5.41, 5.74) is 4.05. The molecule has 0 bridgehead atoms. The lowest BCUT2D eigenvalue weighted by Crippen LogP contribution is -2.35. The van der Waals surface area contributed by atoms with Gasteiger partial charge >= 0.3 is 0 Å². The third-order valence-electron chi connectivity index (χ3n) is 8.29. The zero-order valence-electron chi connectivity index (χ0n) is 22.1. The normalized spacial score (nSPS) is 22.9. The fourth-order valence-corrected chi connectivity index (χ4v) is 7.09. The average Bonchev–Trinajstić information content (AvgIpc) is 3.53. The summed E-state index contributed by atoms with van der Waals surface area (Å²) in [4.78, 5) is 2.84. The number of benzene rings is 3. The lowest BCUT2D eigenvalue weighted by atomic mass is 9.86. The summed E-state index contributed by atoms with van der Waals surface area (Å²) >= 11 is 6.22. The minimum absolute atomic E-state index is 0.0370. The van der Waals surface area contributed by atoms with E-state index in [4.69, 9.17) is 21.1 Å². The number of phenolic OH excluding ortho intramolecular Hbond substituents is 1. The summed E-state index contributed by atoms with van der Waals surface area (Å²) in [7, 11) is -3.40. The molecule has 3 aromatic rings. The number of rotatable bonds is 6. The van der Waals surface area contributed by atoms with Gasteiger partial charge in [-0.1, -0.05) is 35.9 Å². The van der Waals surface area contributed by atoms with Crippen LogP contribution in [0.3, 0.4) is 0 Å². The van der Waals surface area contributed by atoms with E-state index in [0.29, 0.717) is 24.0 Å². The van der Waals surface area contributed by atoms with Crippen LogP contribution >= 0.6 is 11.6 Å². The minimum atomic E-state index is -3.40. The Hall–Kier alpha value is -3.00. The maximum Gasteiger partial charge on any atom is 0.175 e. The van der Waals surface area contributed by atoms with Crippen molar-refractivity contribution < 1.29 is 23.0 Å². The number of halogens is 1. The monoisotopic (exact) mass is 565 g/mol. The molecule has 0 amide bonds. The molecule has 0 spiro atoms. The van der Waals surface area contributed by atoms with Crippen molar-refractivity contribution in [2.24, 2.45) is 0 Å². The predicted octanol–water partition coefficient (Wildman–Crippen LogP) is 6.52. The highest BCUT2D eigenvalue weighted by molar-refractivity contribution is 7.90. The lowest BCUT2D eigenvalue weighted by molar-refractivity contribution is 0.169. The summed E-state index contributed by atoms with van der Waals surface area (Å²) in [6, 6.07) is 19.2. The van der Waals surface area contributed by atoms with Crippen LogP contribution in [0.1, 0.15) is 55.4 Å². The highest BCUT2D eigenvalue weighted by Gasteiger charge is 2.36. The van der Waals surface area contributed by atoms with E-state index in [0.717, 1.165) is 34.1 Å². The van der Waals surface area contributed by atoms with Crippen LogP contribution in [0.15, 0.2) is 65.6 Å². The number of ether oxygens (including phenoxy) is 2. The summed E-state index contributed by atoms with van der Waals surface area (Å²) in [5.74, 6) is 1.34. The summed E-state index contributed by atoms with van der Waals surface area (Å²) in [6.07, 6.45) is 5.74. The number of sulfone groups is 1. The number of aromatic hydroxyl groups is 1. The number of phenols is 1. The predicted molar refractivity (Wildman–Crippen MR) is 153 cm³/mol. The van der Waals surface area contributed by atoms with Crippen LogP contribution in [0.4, 0.5) is 0 Å². The molecule has 1 N–H and O–H groups in total. The minimum Gasteiger partial charge on any atom is -0.506 e. The van der Waals surface area contributed by atoms with Crippen LogP contribution in [0.25, 0.3) is 11.1 Å². The molecule has 0 radical (unpaired) electrons. The van der Waals surface area contributed by atoms with E-state index < -0.39 is 15.9 Å². The first-order chi connectivity index (χ1) is 18.7. The molecule has 3 atom stereocenters. The van der Waals surface area contributed by atoms with Crippen LogP contribution in [0.2, 0.25) is 5.02 Å². The summed E-state index contributed by atoms with van der Waals surface area (Å²) in [6.45, 7) is 3.82. The molecule has 3 aliphatic heterocycles. The smallest absolute Gasteiger partial charge is 0.175 e. The van der Waals surface area contributed by atoms with Gasteiger partial charge < -0.3 is 14.6 Å². The molecule has 6 nitrogen and oxygen atoms in total. The molecule has 2 saturated heterocycles. The van der Waals surface area contributed by atoms with E-state index in [2.05, 4.69) is 4.90 Å². The Morgan fingerprint density at radius 3 is 2.64 bits per heavy atom. The largest absolute Gasteiger partial charge is 0.506 e. The van der Waals surface area contributed by atoms with Gasteiger partial charge in [0, 0.05) is 35.5 Å². The van der Waals surface area contributed by atoms with Crippen LogP contribution < -0.4 is 9.47 Å². The van der Waals surface area contributed by atoms with E-state index in [9.17, 15) is 13.5 Å². The van der Waals surface area contributed by atoms with Gasteiger partial charge in [-0.25, -0.2) is 8.42 Å². The second kappa shape index (κ2) is 10.2. The zero-order valence-corrected chi connectivity index (χ0v) is 23.6. The van der Waals surface area contributed by atoms with Crippen LogP contribution in [0, 0.1) is 0 Å². The molecule has 6 rings (SSSR count). The number of hydrogen-bond acceptors (Lipinski definition) is 6. The van der Waals surface area contributed by atoms with E-state index >= 15 is 0 Å².